The zero-order valence-electron chi connectivity index (χ0n) is 16.8. The summed E-state index contributed by atoms with van der Waals surface area (Å²) in [5.74, 6) is 0.852. The van der Waals surface area contributed by atoms with E-state index in [1.54, 1.807) is 25.4 Å². The Morgan fingerprint density at radius 2 is 1.63 bits per heavy atom. The summed E-state index contributed by atoms with van der Waals surface area (Å²) in [4.78, 5) is 17.2. The van der Waals surface area contributed by atoms with Gasteiger partial charge in [0.25, 0.3) is 5.56 Å². The lowest BCUT2D eigenvalue weighted by Gasteiger charge is -2.37. The molecule has 0 spiro atoms. The molecule has 1 aliphatic heterocycles. The molecule has 2 heterocycles. The lowest BCUT2D eigenvalue weighted by atomic mass is 10.2. The molecule has 0 N–H and O–H groups in total. The SMILES string of the molecule is COc1ccccc1N1CCN(c2cnn(-c3ccc(C)c(Cl)c3)c(=O)c2Cl)CC1. The molecule has 3 aromatic rings. The van der Waals surface area contributed by atoms with Crippen LogP contribution in [0.5, 0.6) is 5.75 Å². The van der Waals surface area contributed by atoms with Crippen LogP contribution in [0, 0.1) is 6.92 Å². The highest BCUT2D eigenvalue weighted by Crippen LogP contribution is 2.30. The average molecular weight is 445 g/mol. The number of aryl methyl sites for hydroxylation is 1. The van der Waals surface area contributed by atoms with Gasteiger partial charge in [-0.2, -0.15) is 9.78 Å². The Kier molecular flexibility index (Phi) is 5.88. The normalized spacial score (nSPS) is 14.1. The molecule has 0 atom stereocenters. The van der Waals surface area contributed by atoms with E-state index < -0.39 is 0 Å². The van der Waals surface area contributed by atoms with Crippen LogP contribution < -0.4 is 20.1 Å². The minimum absolute atomic E-state index is 0.160. The lowest BCUT2D eigenvalue weighted by molar-refractivity contribution is 0.413. The number of aromatic nitrogens is 2. The van der Waals surface area contributed by atoms with Crippen LogP contribution in [0.1, 0.15) is 5.56 Å². The summed E-state index contributed by atoms with van der Waals surface area (Å²) in [6.07, 6.45) is 1.65. The van der Waals surface area contributed by atoms with Crippen molar-refractivity contribution in [2.24, 2.45) is 0 Å². The zero-order valence-corrected chi connectivity index (χ0v) is 18.3. The first-order valence-electron chi connectivity index (χ1n) is 9.67. The van der Waals surface area contributed by atoms with Crippen molar-refractivity contribution < 1.29 is 4.74 Å². The van der Waals surface area contributed by atoms with Crippen molar-refractivity contribution in [1.29, 1.82) is 0 Å². The number of rotatable bonds is 4. The number of benzene rings is 2. The largest absolute Gasteiger partial charge is 0.495 e. The van der Waals surface area contributed by atoms with Crippen LogP contribution in [-0.2, 0) is 0 Å². The highest BCUT2D eigenvalue weighted by atomic mass is 35.5. The molecule has 0 saturated carbocycles. The van der Waals surface area contributed by atoms with Gasteiger partial charge in [-0.1, -0.05) is 41.4 Å². The number of para-hydroxylation sites is 2. The number of anilines is 2. The first-order chi connectivity index (χ1) is 14.5. The maximum Gasteiger partial charge on any atom is 0.292 e. The van der Waals surface area contributed by atoms with E-state index >= 15 is 0 Å². The molecule has 0 aliphatic carbocycles. The summed E-state index contributed by atoms with van der Waals surface area (Å²) in [6.45, 7) is 4.92. The summed E-state index contributed by atoms with van der Waals surface area (Å²) in [5, 5.41) is 5.08. The van der Waals surface area contributed by atoms with Crippen molar-refractivity contribution in [2.75, 3.05) is 43.1 Å². The Labute approximate surface area is 185 Å². The van der Waals surface area contributed by atoms with Crippen LogP contribution in [0.2, 0.25) is 10.0 Å². The Morgan fingerprint density at radius 1 is 0.967 bits per heavy atom. The predicted molar refractivity (Wildman–Crippen MR) is 122 cm³/mol. The maximum absolute atomic E-state index is 12.9. The van der Waals surface area contributed by atoms with Gasteiger partial charge >= 0.3 is 0 Å². The molecule has 2 aromatic carbocycles. The first kappa shape index (κ1) is 20.6. The molecular weight excluding hydrogens is 423 g/mol. The number of ether oxygens (including phenoxy) is 1. The quantitative estimate of drug-likeness (QED) is 0.603. The van der Waals surface area contributed by atoms with E-state index in [0.717, 1.165) is 43.2 Å². The van der Waals surface area contributed by atoms with Crippen LogP contribution >= 0.6 is 23.2 Å². The third-order valence-electron chi connectivity index (χ3n) is 5.35. The standard InChI is InChI=1S/C22H22Cl2N4O2/c1-15-7-8-16(13-17(15)23)28-22(29)21(24)19(14-25-28)27-11-9-26(10-12-27)18-5-3-4-6-20(18)30-2/h3-8,13-14H,9-12H2,1-2H3. The lowest BCUT2D eigenvalue weighted by Crippen LogP contribution is -2.47. The number of piperazine rings is 1. The van der Waals surface area contributed by atoms with E-state index in [2.05, 4.69) is 21.0 Å². The maximum atomic E-state index is 12.9. The van der Waals surface area contributed by atoms with Crippen molar-refractivity contribution in [1.82, 2.24) is 9.78 Å². The second kappa shape index (κ2) is 8.58. The van der Waals surface area contributed by atoms with Crippen molar-refractivity contribution in [2.45, 2.75) is 6.92 Å². The van der Waals surface area contributed by atoms with Gasteiger partial charge in [-0.15, -0.1) is 0 Å². The Bertz CT molecular complexity index is 1120. The summed E-state index contributed by atoms with van der Waals surface area (Å²) in [6, 6.07) is 13.3. The zero-order chi connectivity index (χ0) is 21.3. The highest BCUT2D eigenvalue weighted by Gasteiger charge is 2.23. The molecule has 4 rings (SSSR count). The number of hydrogen-bond acceptors (Lipinski definition) is 5. The molecule has 1 saturated heterocycles. The smallest absolute Gasteiger partial charge is 0.292 e. The third-order valence-corrected chi connectivity index (χ3v) is 6.11. The first-order valence-corrected chi connectivity index (χ1v) is 10.4. The molecule has 6 nitrogen and oxygen atoms in total. The van der Waals surface area contributed by atoms with Crippen LogP contribution in [0.25, 0.3) is 5.69 Å². The summed E-state index contributed by atoms with van der Waals surface area (Å²) >= 11 is 12.7. The van der Waals surface area contributed by atoms with E-state index in [-0.39, 0.29) is 10.6 Å². The van der Waals surface area contributed by atoms with E-state index in [0.29, 0.717) is 16.4 Å². The van der Waals surface area contributed by atoms with Gasteiger partial charge in [0, 0.05) is 31.2 Å². The van der Waals surface area contributed by atoms with Gasteiger partial charge in [-0.05, 0) is 36.8 Å². The van der Waals surface area contributed by atoms with Gasteiger partial charge in [0.15, 0.2) is 0 Å². The number of hydrogen-bond donors (Lipinski definition) is 0. The fourth-order valence-electron chi connectivity index (χ4n) is 3.62. The molecule has 1 aliphatic rings. The fraction of sp³-hybridized carbons (Fsp3) is 0.273. The van der Waals surface area contributed by atoms with Crippen LogP contribution in [0.3, 0.4) is 0 Å². The molecule has 0 radical (unpaired) electrons. The Hall–Kier alpha value is -2.70. The van der Waals surface area contributed by atoms with Gasteiger partial charge in [-0.25, -0.2) is 0 Å². The summed E-state index contributed by atoms with van der Waals surface area (Å²) in [5.41, 5.74) is 2.88. The second-order valence-electron chi connectivity index (χ2n) is 7.14. The predicted octanol–water partition coefficient (Wildman–Crippen LogP) is 4.18. The fourth-order valence-corrected chi connectivity index (χ4v) is 4.04. The average Bonchev–Trinajstić information content (AvgIpc) is 2.78. The number of methoxy groups -OCH3 is 1. The van der Waals surface area contributed by atoms with Gasteiger partial charge in [0.05, 0.1) is 30.4 Å². The Morgan fingerprint density at radius 3 is 2.30 bits per heavy atom. The van der Waals surface area contributed by atoms with Gasteiger partial charge in [-0.3, -0.25) is 4.79 Å². The molecular formula is C22H22Cl2N4O2. The number of halogens is 2. The Balaban J connectivity index is 1.55. The summed E-state index contributed by atoms with van der Waals surface area (Å²) < 4.78 is 6.76. The van der Waals surface area contributed by atoms with E-state index in [9.17, 15) is 4.79 Å². The van der Waals surface area contributed by atoms with Crippen molar-refractivity contribution in [3.8, 4) is 11.4 Å². The highest BCUT2D eigenvalue weighted by molar-refractivity contribution is 6.33. The minimum Gasteiger partial charge on any atom is -0.495 e. The molecule has 8 heteroatoms. The van der Waals surface area contributed by atoms with Crippen LogP contribution in [-0.4, -0.2) is 43.1 Å². The molecule has 0 amide bonds. The molecule has 156 valence electrons. The van der Waals surface area contributed by atoms with Crippen molar-refractivity contribution >= 4 is 34.6 Å². The van der Waals surface area contributed by atoms with Crippen molar-refractivity contribution in [3.63, 3.8) is 0 Å². The molecule has 1 aromatic heterocycles. The van der Waals surface area contributed by atoms with Crippen LogP contribution in [0.15, 0.2) is 53.5 Å². The van der Waals surface area contributed by atoms with Gasteiger partial charge in [0.2, 0.25) is 0 Å². The molecule has 30 heavy (non-hydrogen) atoms. The van der Waals surface area contributed by atoms with E-state index in [1.807, 2.05) is 31.2 Å². The minimum atomic E-state index is -0.360. The third kappa shape index (κ3) is 3.85. The second-order valence-corrected chi connectivity index (χ2v) is 7.93. The van der Waals surface area contributed by atoms with E-state index in [1.165, 1.54) is 4.68 Å². The van der Waals surface area contributed by atoms with E-state index in [4.69, 9.17) is 27.9 Å². The summed E-state index contributed by atoms with van der Waals surface area (Å²) in [7, 11) is 1.68. The van der Waals surface area contributed by atoms with Crippen LogP contribution in [0.4, 0.5) is 11.4 Å². The number of nitrogens with zero attached hydrogens (tertiary/aromatic N) is 4. The van der Waals surface area contributed by atoms with Crippen molar-refractivity contribution in [3.05, 3.63) is 74.6 Å². The van der Waals surface area contributed by atoms with Gasteiger partial charge in [0.1, 0.15) is 10.8 Å². The topological polar surface area (TPSA) is 50.6 Å². The molecule has 0 bridgehead atoms. The molecule has 1 fully saturated rings. The molecule has 0 unspecified atom stereocenters. The van der Waals surface area contributed by atoms with Gasteiger partial charge < -0.3 is 14.5 Å². The monoisotopic (exact) mass is 444 g/mol.